The summed E-state index contributed by atoms with van der Waals surface area (Å²) in [5.41, 5.74) is 5.03. The first kappa shape index (κ1) is 19.8. The van der Waals surface area contributed by atoms with Crippen molar-refractivity contribution in [2.45, 2.75) is 6.61 Å². The Morgan fingerprint density at radius 3 is 2.65 bits per heavy atom. The van der Waals surface area contributed by atoms with Crippen molar-refractivity contribution in [3.05, 3.63) is 97.1 Å². The Kier molecular flexibility index (Phi) is 5.97. The number of carbonyl (C=O) groups is 1. The molecule has 0 unspecified atom stereocenters. The summed E-state index contributed by atoms with van der Waals surface area (Å²) in [6.07, 6.45) is 4.24. The van der Waals surface area contributed by atoms with Gasteiger partial charge < -0.3 is 15.4 Å². The van der Waals surface area contributed by atoms with Gasteiger partial charge in [0.15, 0.2) is 0 Å². The maximum atomic E-state index is 11.7. The van der Waals surface area contributed by atoms with Crippen molar-refractivity contribution in [2.24, 2.45) is 0 Å². The fraction of sp³-hybridized carbons (Fsp3) is 0.0417. The molecule has 7 heteroatoms. The zero-order valence-electron chi connectivity index (χ0n) is 16.6. The monoisotopic (exact) mass is 409 g/mol. The van der Waals surface area contributed by atoms with Gasteiger partial charge in [-0.25, -0.2) is 15.0 Å². The van der Waals surface area contributed by atoms with Gasteiger partial charge in [0.05, 0.1) is 11.7 Å². The van der Waals surface area contributed by atoms with Gasteiger partial charge in [-0.2, -0.15) is 0 Å². The maximum absolute atomic E-state index is 11.7. The first-order valence-corrected chi connectivity index (χ1v) is 9.52. The van der Waals surface area contributed by atoms with E-state index in [1.54, 1.807) is 12.3 Å². The molecule has 152 valence electrons. The molecule has 0 saturated carbocycles. The average molecular weight is 409 g/mol. The first-order chi connectivity index (χ1) is 15.2. The normalized spacial score (nSPS) is 10.2. The highest BCUT2D eigenvalue weighted by atomic mass is 16.5. The van der Waals surface area contributed by atoms with Gasteiger partial charge >= 0.3 is 0 Å². The number of anilines is 3. The quantitative estimate of drug-likeness (QED) is 0.342. The summed E-state index contributed by atoms with van der Waals surface area (Å²) in [4.78, 5) is 24.5. The lowest BCUT2D eigenvalue weighted by Crippen LogP contribution is -2.09. The second-order valence-electron chi connectivity index (χ2n) is 6.57. The van der Waals surface area contributed by atoms with E-state index in [0.29, 0.717) is 23.8 Å². The Morgan fingerprint density at radius 1 is 1.06 bits per heavy atom. The largest absolute Gasteiger partial charge is 0.489 e. The summed E-state index contributed by atoms with van der Waals surface area (Å²) >= 11 is 0. The summed E-state index contributed by atoms with van der Waals surface area (Å²) in [6.45, 7) is 3.89. The number of nitrogens with zero attached hydrogens (tertiary/aromatic N) is 3. The minimum atomic E-state index is -0.362. The predicted octanol–water partition coefficient (Wildman–Crippen LogP) is 4.63. The van der Waals surface area contributed by atoms with Gasteiger partial charge in [0.2, 0.25) is 0 Å². The lowest BCUT2D eigenvalue weighted by Gasteiger charge is -2.11. The number of ether oxygens (including phenoxy) is 1. The van der Waals surface area contributed by atoms with E-state index in [0.717, 1.165) is 22.4 Å². The molecule has 0 aliphatic carbocycles. The van der Waals surface area contributed by atoms with Crippen LogP contribution < -0.4 is 15.4 Å². The molecule has 0 fully saturated rings. The minimum Gasteiger partial charge on any atom is -0.489 e. The molecule has 0 atom stereocenters. The molecule has 2 N–H and O–H groups in total. The molecule has 2 aromatic heterocycles. The molecular formula is C24H19N5O2. The number of fused-ring (bicyclic) bond motifs is 1. The van der Waals surface area contributed by atoms with Crippen LogP contribution in [0.15, 0.2) is 91.6 Å². The Labute approximate surface area is 179 Å². The highest BCUT2D eigenvalue weighted by molar-refractivity contribution is 6.00. The van der Waals surface area contributed by atoms with E-state index in [9.17, 15) is 4.79 Å². The van der Waals surface area contributed by atoms with E-state index in [-0.39, 0.29) is 5.91 Å². The van der Waals surface area contributed by atoms with Crippen molar-refractivity contribution in [1.82, 2.24) is 15.0 Å². The zero-order chi connectivity index (χ0) is 21.5. The van der Waals surface area contributed by atoms with Gasteiger partial charge in [-0.15, -0.1) is 5.73 Å². The van der Waals surface area contributed by atoms with Crippen LogP contribution in [0.5, 0.6) is 5.75 Å². The molecule has 2 aromatic carbocycles. The van der Waals surface area contributed by atoms with Gasteiger partial charge in [0.25, 0.3) is 5.91 Å². The minimum absolute atomic E-state index is 0.362. The molecule has 0 radical (unpaired) electrons. The van der Waals surface area contributed by atoms with E-state index >= 15 is 0 Å². The Balaban J connectivity index is 1.49. The third-order valence-electron chi connectivity index (χ3n) is 4.37. The molecule has 0 aliphatic rings. The molecule has 4 rings (SSSR count). The van der Waals surface area contributed by atoms with E-state index in [1.165, 1.54) is 12.4 Å². The molecule has 0 spiro atoms. The number of hydrogen-bond donors (Lipinski definition) is 2. The number of amides is 1. The number of aromatic nitrogens is 3. The highest BCUT2D eigenvalue weighted by Crippen LogP contribution is 2.25. The number of hydrogen-bond acceptors (Lipinski definition) is 6. The average Bonchev–Trinajstić information content (AvgIpc) is 2.80. The summed E-state index contributed by atoms with van der Waals surface area (Å²) in [7, 11) is 0. The van der Waals surface area contributed by atoms with Crippen LogP contribution in [-0.4, -0.2) is 20.9 Å². The number of nitrogens with one attached hydrogen (secondary N) is 2. The fourth-order valence-electron chi connectivity index (χ4n) is 2.89. The van der Waals surface area contributed by atoms with Gasteiger partial charge in [-0.1, -0.05) is 36.9 Å². The van der Waals surface area contributed by atoms with Crippen molar-refractivity contribution in [1.29, 1.82) is 0 Å². The van der Waals surface area contributed by atoms with E-state index in [4.69, 9.17) is 4.74 Å². The van der Waals surface area contributed by atoms with Crippen molar-refractivity contribution >= 4 is 34.1 Å². The van der Waals surface area contributed by atoms with Gasteiger partial charge in [0, 0.05) is 17.1 Å². The SMILES string of the molecule is C=C=CC(=O)Nc1cc2c(Nc3ccc(OCc4ccccc4)cc3)ncnc2cn1. The topological polar surface area (TPSA) is 89.0 Å². The summed E-state index contributed by atoms with van der Waals surface area (Å²) in [6, 6.07) is 19.3. The van der Waals surface area contributed by atoms with Crippen LogP contribution in [0.2, 0.25) is 0 Å². The molecule has 7 nitrogen and oxygen atoms in total. The van der Waals surface area contributed by atoms with Crippen LogP contribution in [-0.2, 0) is 11.4 Å². The van der Waals surface area contributed by atoms with Crippen LogP contribution in [0.25, 0.3) is 10.9 Å². The molecule has 0 aliphatic heterocycles. The maximum Gasteiger partial charge on any atom is 0.257 e. The van der Waals surface area contributed by atoms with Crippen LogP contribution in [0, 0.1) is 0 Å². The van der Waals surface area contributed by atoms with Crippen LogP contribution in [0.4, 0.5) is 17.3 Å². The lowest BCUT2D eigenvalue weighted by molar-refractivity contribution is -0.111. The smallest absolute Gasteiger partial charge is 0.257 e. The molecular weight excluding hydrogens is 390 g/mol. The second kappa shape index (κ2) is 9.35. The number of carbonyl (C=O) groups excluding carboxylic acids is 1. The first-order valence-electron chi connectivity index (χ1n) is 9.52. The Morgan fingerprint density at radius 2 is 1.87 bits per heavy atom. The van der Waals surface area contributed by atoms with E-state index in [1.807, 2.05) is 54.6 Å². The highest BCUT2D eigenvalue weighted by Gasteiger charge is 2.08. The predicted molar refractivity (Wildman–Crippen MR) is 120 cm³/mol. The van der Waals surface area contributed by atoms with Crippen LogP contribution in [0.3, 0.4) is 0 Å². The van der Waals surface area contributed by atoms with Crippen molar-refractivity contribution < 1.29 is 9.53 Å². The third-order valence-corrected chi connectivity index (χ3v) is 4.37. The molecule has 0 saturated heterocycles. The standard InChI is InChI=1S/C24H19N5O2/c1-2-6-23(30)29-22-13-20-21(14-25-22)26-16-27-24(20)28-18-9-11-19(12-10-18)31-15-17-7-4-3-5-8-17/h3-14,16H,1,15H2,(H,25,29,30)(H,26,27,28). The number of pyridine rings is 1. The van der Waals surface area contributed by atoms with E-state index < -0.39 is 0 Å². The van der Waals surface area contributed by atoms with Gasteiger partial charge in [-0.05, 0) is 35.9 Å². The van der Waals surface area contributed by atoms with Crippen LogP contribution >= 0.6 is 0 Å². The molecule has 1 amide bonds. The van der Waals surface area contributed by atoms with Crippen molar-refractivity contribution in [3.63, 3.8) is 0 Å². The van der Waals surface area contributed by atoms with Crippen molar-refractivity contribution in [3.8, 4) is 5.75 Å². The Bertz CT molecular complexity index is 1250. The third kappa shape index (κ3) is 5.12. The molecule has 2 heterocycles. The molecule has 31 heavy (non-hydrogen) atoms. The summed E-state index contributed by atoms with van der Waals surface area (Å²) in [5.74, 6) is 1.39. The van der Waals surface area contributed by atoms with Gasteiger partial charge in [0.1, 0.15) is 30.3 Å². The van der Waals surface area contributed by atoms with E-state index in [2.05, 4.69) is 37.9 Å². The van der Waals surface area contributed by atoms with Crippen molar-refractivity contribution in [2.75, 3.05) is 10.6 Å². The van der Waals surface area contributed by atoms with Gasteiger partial charge in [-0.3, -0.25) is 4.79 Å². The molecule has 0 bridgehead atoms. The number of benzene rings is 2. The summed E-state index contributed by atoms with van der Waals surface area (Å²) < 4.78 is 5.83. The number of rotatable bonds is 7. The lowest BCUT2D eigenvalue weighted by atomic mass is 10.2. The fourth-order valence-corrected chi connectivity index (χ4v) is 2.89. The molecule has 4 aromatic rings. The Hall–Kier alpha value is -4.48. The second-order valence-corrected chi connectivity index (χ2v) is 6.57. The summed E-state index contributed by atoms with van der Waals surface area (Å²) in [5, 5.41) is 6.65. The zero-order valence-corrected chi connectivity index (χ0v) is 16.6. The van der Waals surface area contributed by atoms with Crippen LogP contribution in [0.1, 0.15) is 5.56 Å².